The van der Waals surface area contributed by atoms with Gasteiger partial charge in [-0.25, -0.2) is 18.6 Å². The third kappa shape index (κ3) is 5.89. The van der Waals surface area contributed by atoms with Gasteiger partial charge in [0.2, 0.25) is 0 Å². The Morgan fingerprint density at radius 3 is 2.51 bits per heavy atom. The molecule has 3 aromatic heterocycles. The molecule has 1 saturated heterocycles. The molecular weight excluding hydrogens is 629 g/mol. The number of carbonyl (C=O) groups is 2. The van der Waals surface area contributed by atoms with Crippen molar-refractivity contribution in [3.8, 4) is 11.1 Å². The van der Waals surface area contributed by atoms with Crippen molar-refractivity contribution in [3.63, 3.8) is 0 Å². The first-order chi connectivity index (χ1) is 22.3. The van der Waals surface area contributed by atoms with Crippen molar-refractivity contribution in [2.75, 3.05) is 24.7 Å². The monoisotopic (exact) mass is 655 g/mol. The summed E-state index contributed by atoms with van der Waals surface area (Å²) in [6, 6.07) is 9.58. The molecule has 47 heavy (non-hydrogen) atoms. The molecule has 2 N–H and O–H groups in total. The number of morpholine rings is 1. The first kappa shape index (κ1) is 31.7. The van der Waals surface area contributed by atoms with Crippen LogP contribution in [0.4, 0.5) is 27.6 Å². The number of ether oxygens (including phenoxy) is 1. The number of halogens is 5. The maximum absolute atomic E-state index is 15.1. The number of hydrogen-bond donors (Lipinski definition) is 2. The van der Waals surface area contributed by atoms with E-state index in [1.807, 2.05) is 24.3 Å². The Morgan fingerprint density at radius 2 is 1.81 bits per heavy atom. The molecule has 4 heterocycles. The highest BCUT2D eigenvalue weighted by molar-refractivity contribution is 5.97. The molecule has 0 aliphatic carbocycles. The lowest BCUT2D eigenvalue weighted by Gasteiger charge is -2.38. The fourth-order valence-electron chi connectivity index (χ4n) is 5.83. The number of pyridine rings is 2. The quantitative estimate of drug-likeness (QED) is 0.251. The molecule has 0 unspecified atom stereocenters. The smallest absolute Gasteiger partial charge is 0.411 e. The first-order valence-corrected chi connectivity index (χ1v) is 14.3. The zero-order chi connectivity index (χ0) is 33.6. The van der Waals surface area contributed by atoms with E-state index in [2.05, 4.69) is 10.3 Å². The molecule has 2 aromatic carbocycles. The van der Waals surface area contributed by atoms with Crippen LogP contribution in [0.1, 0.15) is 16.1 Å². The van der Waals surface area contributed by atoms with Gasteiger partial charge in [-0.2, -0.15) is 13.2 Å². The first-order valence-electron chi connectivity index (χ1n) is 14.3. The van der Waals surface area contributed by atoms with E-state index in [0.29, 0.717) is 34.6 Å². The Labute approximate surface area is 262 Å². The lowest BCUT2D eigenvalue weighted by Crippen LogP contribution is -2.53. The number of aromatic nitrogens is 3. The zero-order valence-electron chi connectivity index (χ0n) is 24.6. The number of carbonyl (C=O) groups excluding carboxylic acids is 1. The number of fused-ring (bicyclic) bond motifs is 2. The number of alkyl halides is 3. The minimum Gasteiger partial charge on any atom is -0.480 e. The van der Waals surface area contributed by atoms with Gasteiger partial charge >= 0.3 is 12.1 Å². The second-order valence-electron chi connectivity index (χ2n) is 11.0. The summed E-state index contributed by atoms with van der Waals surface area (Å²) >= 11 is 0. The van der Waals surface area contributed by atoms with Gasteiger partial charge in [0.1, 0.15) is 34.9 Å². The summed E-state index contributed by atoms with van der Waals surface area (Å²) in [7, 11) is 1.65. The third-order valence-electron chi connectivity index (χ3n) is 8.17. The highest BCUT2D eigenvalue weighted by atomic mass is 19.4. The summed E-state index contributed by atoms with van der Waals surface area (Å²) in [5, 5.41) is 12.8. The highest BCUT2D eigenvalue weighted by Crippen LogP contribution is 2.33. The number of carboxylic acid groups (broad SMARTS) is 1. The van der Waals surface area contributed by atoms with E-state index in [9.17, 15) is 32.7 Å². The molecule has 2 atom stereocenters. The van der Waals surface area contributed by atoms with Crippen molar-refractivity contribution < 1.29 is 41.4 Å². The Bertz CT molecular complexity index is 2070. The van der Waals surface area contributed by atoms with Gasteiger partial charge in [0.25, 0.3) is 11.5 Å². The molecule has 244 valence electrons. The number of hydrogen-bond acceptors (Lipinski definition) is 6. The topological polar surface area (TPSA) is 118 Å². The fourth-order valence-corrected chi connectivity index (χ4v) is 5.83. The van der Waals surface area contributed by atoms with Crippen molar-refractivity contribution in [1.82, 2.24) is 19.3 Å². The number of nitrogens with zero attached hydrogens (tertiary/aromatic N) is 4. The second kappa shape index (κ2) is 12.1. The van der Waals surface area contributed by atoms with Gasteiger partial charge in [0, 0.05) is 49.4 Å². The number of carboxylic acids is 1. The predicted molar refractivity (Wildman–Crippen MR) is 160 cm³/mol. The van der Waals surface area contributed by atoms with Crippen LogP contribution >= 0.6 is 0 Å². The zero-order valence-corrected chi connectivity index (χ0v) is 24.6. The number of benzene rings is 2. The number of aliphatic carboxylic acids is 1. The van der Waals surface area contributed by atoms with Crippen molar-refractivity contribution >= 4 is 34.1 Å². The van der Waals surface area contributed by atoms with Gasteiger partial charge in [0.15, 0.2) is 0 Å². The fraction of sp³-hybridized carbons (Fsp3) is 0.250. The summed E-state index contributed by atoms with van der Waals surface area (Å²) in [5.41, 5.74) is 0.351. The Morgan fingerprint density at radius 1 is 1.09 bits per heavy atom. The Hall–Kier alpha value is -5.31. The Kier molecular flexibility index (Phi) is 8.17. The van der Waals surface area contributed by atoms with Gasteiger partial charge in [-0.15, -0.1) is 0 Å². The standard InChI is InChI=1S/C32H26F5N5O5/c1-40-25-5-3-2-4-17(25)12-21(30(40)44)20-7-6-18(42-9-8-38-28(20)42)15-24(31(45)46)39-29(43)27-22(33)13-19(14-23(27)34)41-10-11-47-16-26(41)32(35,36)37/h2-9,12-14,24,26H,10-11,15-16H2,1H3,(H,39,43)(H,45,46)/t24-,26+/m0/s1. The van der Waals surface area contributed by atoms with Crippen molar-refractivity contribution in [2.24, 2.45) is 7.05 Å². The van der Waals surface area contributed by atoms with Crippen LogP contribution in [0.2, 0.25) is 0 Å². The number of aryl methyl sites for hydroxylation is 1. The van der Waals surface area contributed by atoms with Crippen LogP contribution in [0.3, 0.4) is 0 Å². The third-order valence-corrected chi connectivity index (χ3v) is 8.17. The molecule has 0 saturated carbocycles. The molecule has 0 radical (unpaired) electrons. The van der Waals surface area contributed by atoms with Crippen LogP contribution in [0.25, 0.3) is 27.7 Å². The molecule has 1 fully saturated rings. The molecule has 0 bridgehead atoms. The summed E-state index contributed by atoms with van der Waals surface area (Å²) < 4.78 is 78.7. The average molecular weight is 656 g/mol. The lowest BCUT2D eigenvalue weighted by molar-refractivity contribution is -0.167. The van der Waals surface area contributed by atoms with Crippen LogP contribution in [0.5, 0.6) is 0 Å². The lowest BCUT2D eigenvalue weighted by atomic mass is 10.0. The van der Waals surface area contributed by atoms with Crippen LogP contribution in [-0.4, -0.2) is 69.0 Å². The normalized spacial score (nSPS) is 16.0. The second-order valence-corrected chi connectivity index (χ2v) is 11.0. The molecule has 6 rings (SSSR count). The van der Waals surface area contributed by atoms with E-state index < -0.39 is 59.6 Å². The predicted octanol–water partition coefficient (Wildman–Crippen LogP) is 4.32. The number of amides is 1. The molecule has 1 aliphatic heterocycles. The maximum atomic E-state index is 15.1. The van der Waals surface area contributed by atoms with E-state index >= 15 is 8.78 Å². The van der Waals surface area contributed by atoms with Gasteiger partial charge in [0.05, 0.1) is 24.3 Å². The van der Waals surface area contributed by atoms with Crippen LogP contribution in [-0.2, 0) is 23.0 Å². The van der Waals surface area contributed by atoms with E-state index in [1.165, 1.54) is 10.8 Å². The molecule has 5 aromatic rings. The molecule has 0 spiro atoms. The average Bonchev–Trinajstić information content (AvgIpc) is 3.53. The van der Waals surface area contributed by atoms with Gasteiger partial charge < -0.3 is 29.0 Å². The van der Waals surface area contributed by atoms with Crippen LogP contribution in [0, 0.1) is 11.6 Å². The van der Waals surface area contributed by atoms with E-state index in [-0.39, 0.29) is 25.1 Å². The maximum Gasteiger partial charge on any atom is 0.411 e. The van der Waals surface area contributed by atoms with Gasteiger partial charge in [-0.1, -0.05) is 18.2 Å². The van der Waals surface area contributed by atoms with Crippen LogP contribution < -0.4 is 15.8 Å². The minimum atomic E-state index is -4.75. The van der Waals surface area contributed by atoms with Gasteiger partial charge in [-0.05, 0) is 41.8 Å². The number of nitrogens with one attached hydrogen (secondary N) is 1. The number of para-hydroxylation sites is 1. The molecular formula is C32H26F5N5O5. The van der Waals surface area contributed by atoms with E-state index in [4.69, 9.17) is 4.74 Å². The summed E-state index contributed by atoms with van der Waals surface area (Å²) in [5.74, 6) is -5.86. The summed E-state index contributed by atoms with van der Waals surface area (Å²) in [6.45, 7) is -1.14. The number of rotatable bonds is 7. The van der Waals surface area contributed by atoms with Crippen LogP contribution in [0.15, 0.2) is 71.8 Å². The molecule has 15 heteroatoms. The summed E-state index contributed by atoms with van der Waals surface area (Å²) in [4.78, 5) is 43.6. The largest absolute Gasteiger partial charge is 0.480 e. The number of imidazole rings is 1. The van der Waals surface area contributed by atoms with Crippen molar-refractivity contribution in [1.29, 1.82) is 0 Å². The minimum absolute atomic E-state index is 0.109. The van der Waals surface area contributed by atoms with Crippen molar-refractivity contribution in [3.05, 3.63) is 100 Å². The SMILES string of the molecule is Cn1c(=O)c(-c2ccc(C[C@H](NC(=O)c3c(F)cc(N4CCOC[C@@H]4C(F)(F)F)cc3F)C(=O)O)n3ccnc23)cc2ccccc21. The Balaban J connectivity index is 1.28. The number of anilines is 1. The van der Waals surface area contributed by atoms with Gasteiger partial charge in [-0.3, -0.25) is 9.59 Å². The molecule has 10 nitrogen and oxygen atoms in total. The highest BCUT2D eigenvalue weighted by Gasteiger charge is 2.46. The molecule has 1 amide bonds. The van der Waals surface area contributed by atoms with E-state index in [0.717, 1.165) is 15.8 Å². The van der Waals surface area contributed by atoms with Crippen molar-refractivity contribution in [2.45, 2.75) is 24.7 Å². The van der Waals surface area contributed by atoms with E-state index in [1.54, 1.807) is 35.8 Å². The summed E-state index contributed by atoms with van der Waals surface area (Å²) in [6.07, 6.45) is -2.11. The molecule has 1 aliphatic rings.